The summed E-state index contributed by atoms with van der Waals surface area (Å²) in [6.45, 7) is 1.02. The molecule has 3 nitrogen and oxygen atoms in total. The summed E-state index contributed by atoms with van der Waals surface area (Å²) < 4.78 is 24.4. The van der Waals surface area contributed by atoms with Crippen LogP contribution in [-0.2, 0) is 6.42 Å². The van der Waals surface area contributed by atoms with Crippen LogP contribution in [0.4, 0.5) is 4.39 Å². The minimum Gasteiger partial charge on any atom is -0.497 e. The number of piperidine rings is 1. The SMILES string of the molecule is COc1cc(CC2CCCCN2)c(F)c(OC)c1. The van der Waals surface area contributed by atoms with Crippen LogP contribution < -0.4 is 14.8 Å². The van der Waals surface area contributed by atoms with E-state index in [1.165, 1.54) is 20.0 Å². The lowest BCUT2D eigenvalue weighted by atomic mass is 9.97. The van der Waals surface area contributed by atoms with E-state index >= 15 is 0 Å². The highest BCUT2D eigenvalue weighted by Gasteiger charge is 2.18. The first kappa shape index (κ1) is 13.1. The Balaban J connectivity index is 2.19. The van der Waals surface area contributed by atoms with Gasteiger partial charge in [0.2, 0.25) is 0 Å². The summed E-state index contributed by atoms with van der Waals surface area (Å²) >= 11 is 0. The maximum Gasteiger partial charge on any atom is 0.168 e. The number of rotatable bonds is 4. The van der Waals surface area contributed by atoms with Crippen LogP contribution in [0.5, 0.6) is 11.5 Å². The molecule has 0 amide bonds. The number of hydrogen-bond acceptors (Lipinski definition) is 3. The van der Waals surface area contributed by atoms with Gasteiger partial charge in [0.25, 0.3) is 0 Å². The molecule has 2 rings (SSSR count). The summed E-state index contributed by atoms with van der Waals surface area (Å²) in [5, 5.41) is 3.42. The van der Waals surface area contributed by atoms with Gasteiger partial charge in [-0.05, 0) is 37.4 Å². The van der Waals surface area contributed by atoms with Crippen molar-refractivity contribution in [2.75, 3.05) is 20.8 Å². The van der Waals surface area contributed by atoms with Crippen LogP contribution in [-0.4, -0.2) is 26.8 Å². The van der Waals surface area contributed by atoms with Gasteiger partial charge in [-0.3, -0.25) is 0 Å². The predicted molar refractivity (Wildman–Crippen MR) is 68.8 cm³/mol. The Morgan fingerprint density at radius 2 is 2.11 bits per heavy atom. The molecule has 100 valence electrons. The van der Waals surface area contributed by atoms with Crippen molar-refractivity contribution >= 4 is 0 Å². The summed E-state index contributed by atoms with van der Waals surface area (Å²) in [7, 11) is 3.05. The van der Waals surface area contributed by atoms with Crippen molar-refractivity contribution < 1.29 is 13.9 Å². The summed E-state index contributed by atoms with van der Waals surface area (Å²) in [6, 6.07) is 3.69. The van der Waals surface area contributed by atoms with Gasteiger partial charge in [-0.1, -0.05) is 6.42 Å². The monoisotopic (exact) mass is 253 g/mol. The third kappa shape index (κ3) is 2.93. The molecule has 18 heavy (non-hydrogen) atoms. The normalized spacial score (nSPS) is 19.6. The van der Waals surface area contributed by atoms with Crippen LogP contribution in [0.25, 0.3) is 0 Å². The molecule has 1 N–H and O–H groups in total. The molecular weight excluding hydrogens is 233 g/mol. The molecule has 1 aliphatic rings. The van der Waals surface area contributed by atoms with Crippen LogP contribution in [0.3, 0.4) is 0 Å². The molecule has 0 bridgehead atoms. The standard InChI is InChI=1S/C14H20FNO2/c1-17-12-8-10(14(15)13(9-12)18-2)7-11-5-3-4-6-16-11/h8-9,11,16H,3-7H2,1-2H3. The van der Waals surface area contributed by atoms with E-state index < -0.39 is 0 Å². The third-order valence-corrected chi connectivity index (χ3v) is 3.42. The predicted octanol–water partition coefficient (Wildman–Crippen LogP) is 2.53. The second-order valence-corrected chi connectivity index (χ2v) is 4.65. The van der Waals surface area contributed by atoms with Crippen molar-refractivity contribution in [2.45, 2.75) is 31.7 Å². The second-order valence-electron chi connectivity index (χ2n) is 4.65. The molecule has 1 saturated heterocycles. The lowest BCUT2D eigenvalue weighted by Crippen LogP contribution is -2.35. The Morgan fingerprint density at radius 1 is 1.28 bits per heavy atom. The lowest BCUT2D eigenvalue weighted by Gasteiger charge is -2.24. The van der Waals surface area contributed by atoms with Crippen LogP contribution in [0, 0.1) is 5.82 Å². The minimum atomic E-state index is -0.273. The van der Waals surface area contributed by atoms with Gasteiger partial charge in [-0.25, -0.2) is 4.39 Å². The molecule has 1 aromatic rings. The summed E-state index contributed by atoms with van der Waals surface area (Å²) in [6.07, 6.45) is 4.19. The van der Waals surface area contributed by atoms with Crippen molar-refractivity contribution in [3.05, 3.63) is 23.5 Å². The average molecular weight is 253 g/mol. The summed E-state index contributed by atoms with van der Waals surface area (Å²) in [4.78, 5) is 0. The van der Waals surface area contributed by atoms with Crippen LogP contribution in [0.2, 0.25) is 0 Å². The summed E-state index contributed by atoms with van der Waals surface area (Å²) in [5.74, 6) is 0.616. The molecule has 0 radical (unpaired) electrons. The minimum absolute atomic E-state index is 0.250. The molecule has 1 fully saturated rings. The Labute approximate surface area is 107 Å². The first-order chi connectivity index (χ1) is 8.74. The summed E-state index contributed by atoms with van der Waals surface area (Å²) in [5.41, 5.74) is 0.658. The van der Waals surface area contributed by atoms with E-state index in [0.29, 0.717) is 23.8 Å². The molecule has 1 aliphatic heterocycles. The highest BCUT2D eigenvalue weighted by Crippen LogP contribution is 2.28. The fourth-order valence-corrected chi connectivity index (χ4v) is 2.41. The van der Waals surface area contributed by atoms with Crippen molar-refractivity contribution in [2.24, 2.45) is 0 Å². The van der Waals surface area contributed by atoms with Gasteiger partial charge in [0.1, 0.15) is 5.75 Å². The topological polar surface area (TPSA) is 30.5 Å². The van der Waals surface area contributed by atoms with E-state index in [9.17, 15) is 4.39 Å². The van der Waals surface area contributed by atoms with Gasteiger partial charge in [0.05, 0.1) is 14.2 Å². The highest BCUT2D eigenvalue weighted by atomic mass is 19.1. The van der Waals surface area contributed by atoms with Gasteiger partial charge >= 0.3 is 0 Å². The fraction of sp³-hybridized carbons (Fsp3) is 0.571. The number of methoxy groups -OCH3 is 2. The van der Waals surface area contributed by atoms with E-state index in [-0.39, 0.29) is 11.6 Å². The Hall–Kier alpha value is -1.29. The first-order valence-electron chi connectivity index (χ1n) is 6.38. The molecule has 4 heteroatoms. The Morgan fingerprint density at radius 3 is 2.72 bits per heavy atom. The maximum absolute atomic E-state index is 14.1. The van der Waals surface area contributed by atoms with Gasteiger partial charge < -0.3 is 14.8 Å². The zero-order valence-electron chi connectivity index (χ0n) is 11.0. The number of nitrogens with one attached hydrogen (secondary N) is 1. The molecule has 1 unspecified atom stereocenters. The molecule has 1 aromatic carbocycles. The molecule has 1 atom stereocenters. The number of halogens is 1. The molecule has 0 spiro atoms. The van der Waals surface area contributed by atoms with Gasteiger partial charge in [-0.15, -0.1) is 0 Å². The van der Waals surface area contributed by atoms with Crippen molar-refractivity contribution in [1.29, 1.82) is 0 Å². The average Bonchev–Trinajstić information content (AvgIpc) is 2.42. The van der Waals surface area contributed by atoms with E-state index in [1.54, 1.807) is 19.2 Å². The highest BCUT2D eigenvalue weighted by molar-refractivity contribution is 5.40. The number of hydrogen-bond donors (Lipinski definition) is 1. The van der Waals surface area contributed by atoms with E-state index in [0.717, 1.165) is 13.0 Å². The van der Waals surface area contributed by atoms with E-state index in [1.807, 2.05) is 0 Å². The van der Waals surface area contributed by atoms with Crippen LogP contribution in [0.1, 0.15) is 24.8 Å². The second kappa shape index (κ2) is 6.05. The van der Waals surface area contributed by atoms with Crippen LogP contribution in [0.15, 0.2) is 12.1 Å². The first-order valence-corrected chi connectivity index (χ1v) is 6.38. The largest absolute Gasteiger partial charge is 0.497 e. The number of benzene rings is 1. The van der Waals surface area contributed by atoms with Crippen molar-refractivity contribution in [1.82, 2.24) is 5.32 Å². The maximum atomic E-state index is 14.1. The van der Waals surface area contributed by atoms with Crippen molar-refractivity contribution in [3.8, 4) is 11.5 Å². The molecule has 0 aromatic heterocycles. The van der Waals surface area contributed by atoms with Gasteiger partial charge in [0, 0.05) is 12.1 Å². The molecule has 0 aliphatic carbocycles. The molecule has 0 saturated carbocycles. The lowest BCUT2D eigenvalue weighted by molar-refractivity contribution is 0.363. The van der Waals surface area contributed by atoms with E-state index in [2.05, 4.69) is 5.32 Å². The van der Waals surface area contributed by atoms with Crippen LogP contribution >= 0.6 is 0 Å². The Kier molecular flexibility index (Phi) is 4.42. The quantitative estimate of drug-likeness (QED) is 0.894. The molecule has 1 heterocycles. The zero-order chi connectivity index (χ0) is 13.0. The van der Waals surface area contributed by atoms with Crippen molar-refractivity contribution in [3.63, 3.8) is 0 Å². The van der Waals surface area contributed by atoms with E-state index in [4.69, 9.17) is 9.47 Å². The Bertz CT molecular complexity index is 403. The smallest absolute Gasteiger partial charge is 0.168 e. The van der Waals surface area contributed by atoms with Gasteiger partial charge in [-0.2, -0.15) is 0 Å². The number of ether oxygens (including phenoxy) is 2. The zero-order valence-corrected chi connectivity index (χ0v) is 11.0. The van der Waals surface area contributed by atoms with Gasteiger partial charge in [0.15, 0.2) is 11.6 Å². The molecular formula is C14H20FNO2. The third-order valence-electron chi connectivity index (χ3n) is 3.42. The fourth-order valence-electron chi connectivity index (χ4n) is 2.41.